The van der Waals surface area contributed by atoms with Crippen LogP contribution >= 0.6 is 0 Å². The number of carbonyl (C=O) groups excluding carboxylic acids is 2. The highest BCUT2D eigenvalue weighted by molar-refractivity contribution is 6.16. The molecule has 1 atom stereocenters. The van der Waals surface area contributed by atoms with Gasteiger partial charge >= 0.3 is 12.0 Å². The molecule has 1 unspecified atom stereocenters. The summed E-state index contributed by atoms with van der Waals surface area (Å²) in [5.74, 6) is 0.453. The average Bonchev–Trinajstić information content (AvgIpc) is 3.28. The van der Waals surface area contributed by atoms with Crippen LogP contribution in [-0.2, 0) is 9.53 Å². The lowest BCUT2D eigenvalue weighted by Gasteiger charge is -2.29. The van der Waals surface area contributed by atoms with Gasteiger partial charge in [-0.15, -0.1) is 0 Å². The largest absolute Gasteiger partial charge is 0.495 e. The lowest BCUT2D eigenvalue weighted by atomic mass is 9.89. The standard InChI is InChI=1S/C28H28N4O4/c1-35-25-12-5-4-11-22(25)31-28(34)32-23(19-13-15-29-16-14-19)17-24-27(33)36-26(30-24)21-10-6-8-18-7-2-3-9-20(18)21/h2-12,17,19,23,29H,13-16H2,1H3,(H2,31,32,34). The smallest absolute Gasteiger partial charge is 0.363 e. The molecule has 8 nitrogen and oxygen atoms in total. The fourth-order valence-electron chi connectivity index (χ4n) is 4.68. The molecule has 0 radical (unpaired) electrons. The summed E-state index contributed by atoms with van der Waals surface area (Å²) in [4.78, 5) is 30.3. The highest BCUT2D eigenvalue weighted by atomic mass is 16.6. The van der Waals surface area contributed by atoms with E-state index in [9.17, 15) is 9.59 Å². The van der Waals surface area contributed by atoms with E-state index >= 15 is 0 Å². The molecule has 2 amide bonds. The van der Waals surface area contributed by atoms with Crippen LogP contribution in [0.25, 0.3) is 10.8 Å². The van der Waals surface area contributed by atoms with Crippen LogP contribution < -0.4 is 20.7 Å². The minimum Gasteiger partial charge on any atom is -0.495 e. The van der Waals surface area contributed by atoms with Crippen LogP contribution in [0.3, 0.4) is 0 Å². The molecule has 0 saturated carbocycles. The number of fused-ring (bicyclic) bond motifs is 1. The Morgan fingerprint density at radius 1 is 1.08 bits per heavy atom. The first-order chi connectivity index (χ1) is 17.6. The van der Waals surface area contributed by atoms with Gasteiger partial charge in [-0.25, -0.2) is 14.6 Å². The molecule has 2 aliphatic rings. The van der Waals surface area contributed by atoms with Crippen molar-refractivity contribution in [1.29, 1.82) is 0 Å². The Balaban J connectivity index is 1.42. The van der Waals surface area contributed by atoms with Crippen molar-refractivity contribution in [2.45, 2.75) is 18.9 Å². The maximum absolute atomic E-state index is 12.9. The van der Waals surface area contributed by atoms with Crippen molar-refractivity contribution < 1.29 is 19.1 Å². The van der Waals surface area contributed by atoms with E-state index in [1.54, 1.807) is 25.3 Å². The summed E-state index contributed by atoms with van der Waals surface area (Å²) in [5.41, 5.74) is 1.51. The van der Waals surface area contributed by atoms with Crippen molar-refractivity contribution in [1.82, 2.24) is 10.6 Å². The molecule has 3 aromatic carbocycles. The minimum atomic E-state index is -0.524. The molecule has 0 bridgehead atoms. The Kier molecular flexibility index (Phi) is 6.95. The summed E-state index contributed by atoms with van der Waals surface area (Å²) in [6.07, 6.45) is 3.44. The van der Waals surface area contributed by atoms with E-state index in [1.807, 2.05) is 54.6 Å². The number of hydrogen-bond acceptors (Lipinski definition) is 6. The van der Waals surface area contributed by atoms with Crippen LogP contribution in [0.5, 0.6) is 5.75 Å². The van der Waals surface area contributed by atoms with Gasteiger partial charge in [0.2, 0.25) is 5.90 Å². The maximum Gasteiger partial charge on any atom is 0.363 e. The molecule has 1 fully saturated rings. The lowest BCUT2D eigenvalue weighted by Crippen LogP contribution is -2.45. The first-order valence-electron chi connectivity index (χ1n) is 12.0. The van der Waals surface area contributed by atoms with Gasteiger partial charge in [0.1, 0.15) is 5.75 Å². The van der Waals surface area contributed by atoms with Crippen LogP contribution in [0.15, 0.2) is 83.5 Å². The van der Waals surface area contributed by atoms with E-state index in [1.165, 1.54) is 0 Å². The molecular formula is C28H28N4O4. The molecule has 0 aliphatic carbocycles. The molecule has 2 aliphatic heterocycles. The highest BCUT2D eigenvalue weighted by Crippen LogP contribution is 2.27. The zero-order chi connectivity index (χ0) is 24.9. The van der Waals surface area contributed by atoms with Crippen molar-refractivity contribution in [2.24, 2.45) is 10.9 Å². The minimum absolute atomic E-state index is 0.145. The second kappa shape index (κ2) is 10.6. The van der Waals surface area contributed by atoms with E-state index in [-0.39, 0.29) is 23.5 Å². The maximum atomic E-state index is 12.9. The molecule has 5 rings (SSSR count). The molecule has 3 aromatic rings. The van der Waals surface area contributed by atoms with E-state index in [2.05, 4.69) is 20.9 Å². The zero-order valence-corrected chi connectivity index (χ0v) is 20.0. The number of rotatable bonds is 6. The topological polar surface area (TPSA) is 101 Å². The van der Waals surface area contributed by atoms with Crippen molar-refractivity contribution in [2.75, 3.05) is 25.5 Å². The Labute approximate surface area is 209 Å². The summed E-state index contributed by atoms with van der Waals surface area (Å²) in [7, 11) is 1.55. The molecule has 0 spiro atoms. The fourth-order valence-corrected chi connectivity index (χ4v) is 4.68. The number of urea groups is 1. The number of piperidine rings is 1. The highest BCUT2D eigenvalue weighted by Gasteiger charge is 2.30. The average molecular weight is 485 g/mol. The number of esters is 1. The van der Waals surface area contributed by atoms with Gasteiger partial charge in [-0.2, -0.15) is 0 Å². The third-order valence-electron chi connectivity index (χ3n) is 6.52. The van der Waals surface area contributed by atoms with Gasteiger partial charge in [0.15, 0.2) is 5.70 Å². The third-order valence-corrected chi connectivity index (χ3v) is 6.52. The van der Waals surface area contributed by atoms with Crippen LogP contribution in [0.1, 0.15) is 18.4 Å². The predicted octanol–water partition coefficient (Wildman–Crippen LogP) is 4.23. The number of cyclic esters (lactones) is 1. The monoisotopic (exact) mass is 484 g/mol. The Hall–Kier alpha value is -4.17. The summed E-state index contributed by atoms with van der Waals surface area (Å²) in [6, 6.07) is 20.1. The van der Waals surface area contributed by atoms with Gasteiger partial charge in [0, 0.05) is 5.56 Å². The number of ether oxygens (including phenoxy) is 2. The molecule has 36 heavy (non-hydrogen) atoms. The Bertz CT molecular complexity index is 1340. The normalized spacial score (nSPS) is 18.0. The van der Waals surface area contributed by atoms with E-state index < -0.39 is 12.0 Å². The number of benzene rings is 3. The summed E-state index contributed by atoms with van der Waals surface area (Å²) >= 11 is 0. The van der Waals surface area contributed by atoms with Gasteiger partial charge in [0.25, 0.3) is 0 Å². The number of aliphatic imine (C=N–C) groups is 1. The van der Waals surface area contributed by atoms with Gasteiger partial charge in [-0.1, -0.05) is 48.5 Å². The fraction of sp³-hybridized carbons (Fsp3) is 0.250. The van der Waals surface area contributed by atoms with Crippen LogP contribution in [-0.4, -0.2) is 44.1 Å². The SMILES string of the molecule is COc1ccccc1NC(=O)NC(C=C1N=C(c2cccc3ccccc23)OC1=O)C1CCNCC1. The van der Waals surface area contributed by atoms with E-state index in [0.717, 1.165) is 42.3 Å². The summed E-state index contributed by atoms with van der Waals surface area (Å²) in [6.45, 7) is 1.68. The Morgan fingerprint density at radius 2 is 1.83 bits per heavy atom. The molecular weight excluding hydrogens is 456 g/mol. The Morgan fingerprint density at radius 3 is 2.67 bits per heavy atom. The van der Waals surface area contributed by atoms with Crippen LogP contribution in [0, 0.1) is 5.92 Å². The molecule has 2 heterocycles. The van der Waals surface area contributed by atoms with Gasteiger partial charge in [0.05, 0.1) is 18.8 Å². The number of methoxy groups -OCH3 is 1. The zero-order valence-electron chi connectivity index (χ0n) is 20.0. The van der Waals surface area contributed by atoms with Crippen molar-refractivity contribution >= 4 is 34.4 Å². The van der Waals surface area contributed by atoms with Gasteiger partial charge < -0.3 is 25.4 Å². The molecule has 8 heteroatoms. The quantitative estimate of drug-likeness (QED) is 0.359. The summed E-state index contributed by atoms with van der Waals surface area (Å²) < 4.78 is 10.9. The molecule has 184 valence electrons. The number of nitrogens with zero attached hydrogens (tertiary/aromatic N) is 1. The summed E-state index contributed by atoms with van der Waals surface area (Å²) in [5, 5.41) is 11.2. The first kappa shape index (κ1) is 23.6. The number of hydrogen-bond donors (Lipinski definition) is 3. The van der Waals surface area contributed by atoms with Gasteiger partial charge in [-0.05, 0) is 66.9 Å². The van der Waals surface area contributed by atoms with Crippen LogP contribution in [0.4, 0.5) is 10.5 Å². The number of anilines is 1. The number of para-hydroxylation sites is 2. The first-order valence-corrected chi connectivity index (χ1v) is 12.0. The number of carbonyl (C=O) groups is 2. The van der Waals surface area contributed by atoms with Crippen molar-refractivity contribution in [3.05, 3.63) is 84.1 Å². The van der Waals surface area contributed by atoms with Gasteiger partial charge in [-0.3, -0.25) is 0 Å². The third kappa shape index (κ3) is 5.08. The lowest BCUT2D eigenvalue weighted by molar-refractivity contribution is -0.130. The van der Waals surface area contributed by atoms with Crippen LogP contribution in [0.2, 0.25) is 0 Å². The second-order valence-electron chi connectivity index (χ2n) is 8.80. The molecule has 1 saturated heterocycles. The van der Waals surface area contributed by atoms with E-state index in [4.69, 9.17) is 9.47 Å². The second-order valence-corrected chi connectivity index (χ2v) is 8.80. The molecule has 3 N–H and O–H groups in total. The van der Waals surface area contributed by atoms with E-state index in [0.29, 0.717) is 11.4 Å². The predicted molar refractivity (Wildman–Crippen MR) is 139 cm³/mol. The van der Waals surface area contributed by atoms with Crippen molar-refractivity contribution in [3.8, 4) is 5.75 Å². The number of amides is 2. The molecule has 0 aromatic heterocycles. The number of nitrogens with one attached hydrogen (secondary N) is 3. The van der Waals surface area contributed by atoms with Crippen molar-refractivity contribution in [3.63, 3.8) is 0 Å².